The van der Waals surface area contributed by atoms with Gasteiger partial charge in [-0.1, -0.05) is 25.5 Å². The first-order chi connectivity index (χ1) is 6.93. The Morgan fingerprint density at radius 1 is 1.53 bits per heavy atom. The normalized spacial score (nSPS) is 31.9. The van der Waals surface area contributed by atoms with Crippen LogP contribution in [0.5, 0.6) is 0 Å². The van der Waals surface area contributed by atoms with E-state index >= 15 is 0 Å². The smallest absolute Gasteiger partial charge is 0.121 e. The SMILES string of the molecule is CCCC1(OO)C=CC(C(C)(C)O)CC1. The Morgan fingerprint density at radius 2 is 2.20 bits per heavy atom. The minimum atomic E-state index is -0.690. The van der Waals surface area contributed by atoms with E-state index in [1.54, 1.807) is 0 Å². The highest BCUT2D eigenvalue weighted by Gasteiger charge is 2.36. The molecular formula is C12H22O3. The van der Waals surface area contributed by atoms with Gasteiger partial charge >= 0.3 is 0 Å². The highest BCUT2D eigenvalue weighted by Crippen LogP contribution is 2.36. The lowest BCUT2D eigenvalue weighted by Gasteiger charge is -2.36. The van der Waals surface area contributed by atoms with Gasteiger partial charge in [0.05, 0.1) is 5.60 Å². The molecule has 88 valence electrons. The molecule has 0 radical (unpaired) electrons. The van der Waals surface area contributed by atoms with Gasteiger partial charge in [-0.25, -0.2) is 4.89 Å². The van der Waals surface area contributed by atoms with Crippen molar-refractivity contribution >= 4 is 0 Å². The minimum Gasteiger partial charge on any atom is -0.390 e. The van der Waals surface area contributed by atoms with Crippen LogP contribution < -0.4 is 0 Å². The molecule has 3 heteroatoms. The molecule has 0 heterocycles. The van der Waals surface area contributed by atoms with E-state index in [0.29, 0.717) is 0 Å². The molecule has 0 spiro atoms. The molecule has 3 nitrogen and oxygen atoms in total. The Balaban J connectivity index is 2.71. The summed E-state index contributed by atoms with van der Waals surface area (Å²) < 4.78 is 0. The van der Waals surface area contributed by atoms with Gasteiger partial charge < -0.3 is 5.11 Å². The summed E-state index contributed by atoms with van der Waals surface area (Å²) in [7, 11) is 0. The van der Waals surface area contributed by atoms with Gasteiger partial charge in [0.1, 0.15) is 5.60 Å². The maximum absolute atomic E-state index is 9.86. The third-order valence-electron chi connectivity index (χ3n) is 3.27. The summed E-state index contributed by atoms with van der Waals surface area (Å²) in [5.74, 6) is 0.151. The van der Waals surface area contributed by atoms with E-state index in [1.165, 1.54) is 0 Å². The maximum atomic E-state index is 9.86. The zero-order chi connectivity index (χ0) is 11.5. The fraction of sp³-hybridized carbons (Fsp3) is 0.833. The van der Waals surface area contributed by atoms with Gasteiger partial charge in [0.15, 0.2) is 0 Å². The fourth-order valence-electron chi connectivity index (χ4n) is 2.21. The van der Waals surface area contributed by atoms with Crippen LogP contribution in [-0.2, 0) is 4.89 Å². The molecule has 1 rings (SSSR count). The van der Waals surface area contributed by atoms with Crippen molar-refractivity contribution in [1.29, 1.82) is 0 Å². The lowest BCUT2D eigenvalue weighted by Crippen LogP contribution is -2.38. The van der Waals surface area contributed by atoms with Gasteiger partial charge in [-0.3, -0.25) is 5.26 Å². The third kappa shape index (κ3) is 3.03. The van der Waals surface area contributed by atoms with Crippen LogP contribution in [0.25, 0.3) is 0 Å². The lowest BCUT2D eigenvalue weighted by atomic mass is 9.76. The molecule has 0 aromatic carbocycles. The van der Waals surface area contributed by atoms with Gasteiger partial charge in [0.2, 0.25) is 0 Å². The van der Waals surface area contributed by atoms with E-state index in [1.807, 2.05) is 26.0 Å². The van der Waals surface area contributed by atoms with Crippen molar-refractivity contribution in [1.82, 2.24) is 0 Å². The van der Waals surface area contributed by atoms with Crippen LogP contribution in [0.4, 0.5) is 0 Å². The molecule has 0 aliphatic heterocycles. The van der Waals surface area contributed by atoms with E-state index in [-0.39, 0.29) is 5.92 Å². The van der Waals surface area contributed by atoms with Crippen LogP contribution in [0, 0.1) is 5.92 Å². The minimum absolute atomic E-state index is 0.151. The summed E-state index contributed by atoms with van der Waals surface area (Å²) in [6.45, 7) is 5.69. The van der Waals surface area contributed by atoms with Gasteiger partial charge in [0.25, 0.3) is 0 Å². The molecular weight excluding hydrogens is 192 g/mol. The lowest BCUT2D eigenvalue weighted by molar-refractivity contribution is -0.313. The molecule has 1 aliphatic rings. The largest absolute Gasteiger partial charge is 0.390 e. The fourth-order valence-corrected chi connectivity index (χ4v) is 2.21. The van der Waals surface area contributed by atoms with Gasteiger partial charge in [0, 0.05) is 5.92 Å². The quantitative estimate of drug-likeness (QED) is 0.430. The van der Waals surface area contributed by atoms with Crippen molar-refractivity contribution in [3.8, 4) is 0 Å². The Kier molecular flexibility index (Phi) is 3.93. The topological polar surface area (TPSA) is 49.7 Å². The number of rotatable bonds is 4. The molecule has 0 amide bonds. The van der Waals surface area contributed by atoms with Crippen LogP contribution in [0.1, 0.15) is 46.5 Å². The third-order valence-corrected chi connectivity index (χ3v) is 3.27. The van der Waals surface area contributed by atoms with Crippen molar-refractivity contribution in [3.05, 3.63) is 12.2 Å². The highest BCUT2D eigenvalue weighted by atomic mass is 17.1. The molecule has 0 fully saturated rings. The highest BCUT2D eigenvalue weighted by molar-refractivity contribution is 5.11. The first kappa shape index (κ1) is 12.7. The maximum Gasteiger partial charge on any atom is 0.121 e. The molecule has 0 aromatic rings. The average molecular weight is 214 g/mol. The first-order valence-corrected chi connectivity index (χ1v) is 5.68. The number of hydrogen-bond donors (Lipinski definition) is 2. The van der Waals surface area contributed by atoms with E-state index in [9.17, 15) is 5.11 Å². The van der Waals surface area contributed by atoms with Crippen LogP contribution in [0.3, 0.4) is 0 Å². The summed E-state index contributed by atoms with van der Waals surface area (Å²) in [4.78, 5) is 4.61. The summed E-state index contributed by atoms with van der Waals surface area (Å²) in [5.41, 5.74) is -1.21. The van der Waals surface area contributed by atoms with Crippen molar-refractivity contribution in [2.45, 2.75) is 57.7 Å². The number of aliphatic hydroxyl groups is 1. The molecule has 2 atom stereocenters. The van der Waals surface area contributed by atoms with E-state index < -0.39 is 11.2 Å². The molecule has 0 aromatic heterocycles. The number of hydrogen-bond acceptors (Lipinski definition) is 3. The molecule has 0 saturated heterocycles. The predicted molar refractivity (Wildman–Crippen MR) is 59.5 cm³/mol. The standard InChI is InChI=1S/C12H22O3/c1-4-7-12(15-14)8-5-10(6-9-12)11(2,3)13/h5,8,10,13-14H,4,6-7,9H2,1-3H3. The monoisotopic (exact) mass is 214 g/mol. The second-order valence-electron chi connectivity index (χ2n) is 5.06. The zero-order valence-electron chi connectivity index (χ0n) is 9.86. The Bertz CT molecular complexity index is 230. The summed E-state index contributed by atoms with van der Waals surface area (Å²) >= 11 is 0. The van der Waals surface area contributed by atoms with E-state index in [2.05, 4.69) is 11.8 Å². The average Bonchev–Trinajstić information content (AvgIpc) is 2.17. The van der Waals surface area contributed by atoms with Gasteiger partial charge in [-0.15, -0.1) is 0 Å². The predicted octanol–water partition coefficient (Wildman–Crippen LogP) is 2.75. The van der Waals surface area contributed by atoms with Crippen LogP contribution in [-0.4, -0.2) is 21.6 Å². The zero-order valence-corrected chi connectivity index (χ0v) is 9.86. The van der Waals surface area contributed by atoms with E-state index in [0.717, 1.165) is 25.7 Å². The Labute approximate surface area is 91.7 Å². The van der Waals surface area contributed by atoms with Crippen LogP contribution in [0.2, 0.25) is 0 Å². The molecule has 2 unspecified atom stereocenters. The molecule has 0 bridgehead atoms. The summed E-state index contributed by atoms with van der Waals surface area (Å²) in [5, 5.41) is 18.8. The second kappa shape index (κ2) is 4.64. The van der Waals surface area contributed by atoms with Crippen LogP contribution >= 0.6 is 0 Å². The van der Waals surface area contributed by atoms with Crippen molar-refractivity contribution < 1.29 is 15.3 Å². The van der Waals surface area contributed by atoms with Crippen molar-refractivity contribution in [3.63, 3.8) is 0 Å². The Morgan fingerprint density at radius 3 is 2.53 bits per heavy atom. The van der Waals surface area contributed by atoms with Crippen LogP contribution in [0.15, 0.2) is 12.2 Å². The second-order valence-corrected chi connectivity index (χ2v) is 5.06. The Hall–Kier alpha value is -0.380. The molecule has 0 saturated carbocycles. The van der Waals surface area contributed by atoms with Crippen molar-refractivity contribution in [2.24, 2.45) is 5.92 Å². The molecule has 1 aliphatic carbocycles. The summed E-state index contributed by atoms with van der Waals surface area (Å²) in [6.07, 6.45) is 7.28. The van der Waals surface area contributed by atoms with Gasteiger partial charge in [-0.2, -0.15) is 0 Å². The van der Waals surface area contributed by atoms with Crippen molar-refractivity contribution in [2.75, 3.05) is 0 Å². The molecule has 15 heavy (non-hydrogen) atoms. The molecule has 2 N–H and O–H groups in total. The first-order valence-electron chi connectivity index (χ1n) is 5.68. The summed E-state index contributed by atoms with van der Waals surface area (Å²) in [6, 6.07) is 0. The van der Waals surface area contributed by atoms with Gasteiger partial charge in [-0.05, 0) is 33.1 Å². The van der Waals surface area contributed by atoms with E-state index in [4.69, 9.17) is 5.26 Å².